The number of hydrogen-bond donors (Lipinski definition) is 1. The molecule has 2 nitrogen and oxygen atoms in total. The average Bonchev–Trinajstić information content (AvgIpc) is 2.95. The van der Waals surface area contributed by atoms with Crippen molar-refractivity contribution in [3.05, 3.63) is 28.8 Å². The van der Waals surface area contributed by atoms with Gasteiger partial charge < -0.3 is 10.5 Å². The van der Waals surface area contributed by atoms with Crippen LogP contribution in [0.25, 0.3) is 0 Å². The molecule has 1 aliphatic carbocycles. The quantitative estimate of drug-likeness (QED) is 0.901. The molecular weight excluding hydrogens is 290 g/mol. The van der Waals surface area contributed by atoms with E-state index in [2.05, 4.69) is 6.07 Å². The minimum Gasteiger partial charge on any atom is -0.488 e. The molecule has 1 aliphatic heterocycles. The van der Waals surface area contributed by atoms with Gasteiger partial charge in [-0.15, -0.1) is 0 Å². The highest BCUT2D eigenvalue weighted by molar-refractivity contribution is 7.99. The Morgan fingerprint density at radius 3 is 2.70 bits per heavy atom. The van der Waals surface area contributed by atoms with E-state index in [-0.39, 0.29) is 5.54 Å². The van der Waals surface area contributed by atoms with Crippen LogP contribution < -0.4 is 10.5 Å². The van der Waals surface area contributed by atoms with E-state index in [1.165, 1.54) is 25.0 Å². The molecule has 1 atom stereocenters. The predicted molar refractivity (Wildman–Crippen MR) is 86.8 cm³/mol. The Bertz CT molecular complexity index is 468. The molecule has 20 heavy (non-hydrogen) atoms. The van der Waals surface area contributed by atoms with Crippen LogP contribution in [0.1, 0.15) is 44.1 Å². The topological polar surface area (TPSA) is 35.2 Å². The van der Waals surface area contributed by atoms with E-state index in [4.69, 9.17) is 22.1 Å². The Labute approximate surface area is 130 Å². The second-order valence-corrected chi connectivity index (χ2v) is 7.52. The molecule has 0 radical (unpaired) electrons. The number of benzene rings is 1. The van der Waals surface area contributed by atoms with E-state index in [1.54, 1.807) is 0 Å². The molecule has 3 rings (SSSR count). The van der Waals surface area contributed by atoms with Crippen molar-refractivity contribution in [2.24, 2.45) is 5.73 Å². The zero-order valence-corrected chi connectivity index (χ0v) is 13.3. The minimum atomic E-state index is -0.191. The van der Waals surface area contributed by atoms with Crippen molar-refractivity contribution in [2.45, 2.75) is 50.2 Å². The van der Waals surface area contributed by atoms with Crippen LogP contribution in [0, 0.1) is 0 Å². The molecule has 2 aliphatic rings. The zero-order chi connectivity index (χ0) is 14.0. The summed E-state index contributed by atoms with van der Waals surface area (Å²) in [6.07, 6.45) is 7.27. The highest BCUT2D eigenvalue weighted by Crippen LogP contribution is 2.38. The molecule has 0 spiro atoms. The lowest BCUT2D eigenvalue weighted by molar-refractivity contribution is 0.229. The van der Waals surface area contributed by atoms with E-state index < -0.39 is 0 Å². The molecule has 4 heteroatoms. The fourth-order valence-corrected chi connectivity index (χ4v) is 4.48. The summed E-state index contributed by atoms with van der Waals surface area (Å²) in [6, 6.07) is 6.13. The van der Waals surface area contributed by atoms with Gasteiger partial charge in [0.1, 0.15) is 11.9 Å². The number of halogens is 1. The third-order valence-electron chi connectivity index (χ3n) is 4.43. The van der Waals surface area contributed by atoms with Gasteiger partial charge in [-0.25, -0.2) is 0 Å². The van der Waals surface area contributed by atoms with Crippen molar-refractivity contribution in [1.29, 1.82) is 0 Å². The fraction of sp³-hybridized carbons (Fsp3) is 0.625. The summed E-state index contributed by atoms with van der Waals surface area (Å²) >= 11 is 8.35. The minimum absolute atomic E-state index is 0.191. The maximum atomic E-state index is 6.56. The Morgan fingerprint density at radius 1 is 1.25 bits per heavy atom. The molecule has 1 saturated heterocycles. The number of nitrogens with two attached hydrogens (primary N) is 1. The van der Waals surface area contributed by atoms with Crippen LogP contribution in [0.4, 0.5) is 0 Å². The van der Waals surface area contributed by atoms with Crippen molar-refractivity contribution in [2.75, 3.05) is 11.5 Å². The zero-order valence-electron chi connectivity index (χ0n) is 11.7. The summed E-state index contributed by atoms with van der Waals surface area (Å²) in [5.41, 5.74) is 7.53. The monoisotopic (exact) mass is 311 g/mol. The van der Waals surface area contributed by atoms with Crippen molar-refractivity contribution >= 4 is 23.4 Å². The molecule has 1 unspecified atom stereocenters. The summed E-state index contributed by atoms with van der Waals surface area (Å²) in [5.74, 6) is 3.06. The molecule has 1 aromatic rings. The summed E-state index contributed by atoms with van der Waals surface area (Å²) < 4.78 is 5.99. The van der Waals surface area contributed by atoms with Crippen LogP contribution in [-0.4, -0.2) is 17.6 Å². The first-order chi connectivity index (χ1) is 9.67. The van der Waals surface area contributed by atoms with Crippen LogP contribution in [0.15, 0.2) is 18.2 Å². The Kier molecular flexibility index (Phi) is 4.49. The standard InChI is InChI=1S/C16H22ClNOS/c17-14-10-12(16(18)7-2-1-3-8-16)4-5-15(14)19-13-6-9-20-11-13/h4-5,10,13H,1-3,6-9,11,18H2. The maximum Gasteiger partial charge on any atom is 0.138 e. The van der Waals surface area contributed by atoms with Gasteiger partial charge in [0.25, 0.3) is 0 Å². The van der Waals surface area contributed by atoms with Crippen molar-refractivity contribution < 1.29 is 4.74 Å². The van der Waals surface area contributed by atoms with Gasteiger partial charge in [0.2, 0.25) is 0 Å². The highest BCUT2D eigenvalue weighted by Gasteiger charge is 2.30. The maximum absolute atomic E-state index is 6.56. The third kappa shape index (κ3) is 3.10. The van der Waals surface area contributed by atoms with Crippen LogP contribution >= 0.6 is 23.4 Å². The van der Waals surface area contributed by atoms with Gasteiger partial charge in [0, 0.05) is 11.3 Å². The second kappa shape index (κ2) is 6.17. The van der Waals surface area contributed by atoms with E-state index in [0.29, 0.717) is 11.1 Å². The van der Waals surface area contributed by atoms with Gasteiger partial charge in [0.15, 0.2) is 0 Å². The highest BCUT2D eigenvalue weighted by atomic mass is 35.5. The van der Waals surface area contributed by atoms with E-state index in [9.17, 15) is 0 Å². The molecule has 0 aromatic heterocycles. The smallest absolute Gasteiger partial charge is 0.138 e. The lowest BCUT2D eigenvalue weighted by atomic mass is 9.77. The van der Waals surface area contributed by atoms with Gasteiger partial charge in [-0.2, -0.15) is 11.8 Å². The molecule has 0 bridgehead atoms. The van der Waals surface area contributed by atoms with Crippen molar-refractivity contribution in [3.8, 4) is 5.75 Å². The average molecular weight is 312 g/mol. The first kappa shape index (κ1) is 14.6. The lowest BCUT2D eigenvalue weighted by Crippen LogP contribution is -2.38. The third-order valence-corrected chi connectivity index (χ3v) is 5.86. The molecule has 1 saturated carbocycles. The predicted octanol–water partition coefficient (Wildman–Crippen LogP) is 4.34. The van der Waals surface area contributed by atoms with E-state index >= 15 is 0 Å². The van der Waals surface area contributed by atoms with Gasteiger partial charge in [-0.1, -0.05) is 36.9 Å². The molecule has 2 fully saturated rings. The Balaban J connectivity index is 1.76. The number of thioether (sulfide) groups is 1. The number of ether oxygens (including phenoxy) is 1. The van der Waals surface area contributed by atoms with Crippen LogP contribution in [0.2, 0.25) is 5.02 Å². The summed E-state index contributed by atoms with van der Waals surface area (Å²) in [7, 11) is 0. The van der Waals surface area contributed by atoms with E-state index in [1.807, 2.05) is 23.9 Å². The summed E-state index contributed by atoms with van der Waals surface area (Å²) in [5, 5.41) is 0.704. The fourth-order valence-electron chi connectivity index (χ4n) is 3.16. The van der Waals surface area contributed by atoms with Gasteiger partial charge in [0.05, 0.1) is 5.02 Å². The molecule has 110 valence electrons. The van der Waals surface area contributed by atoms with E-state index in [0.717, 1.165) is 36.3 Å². The van der Waals surface area contributed by atoms with Crippen LogP contribution in [-0.2, 0) is 5.54 Å². The first-order valence-electron chi connectivity index (χ1n) is 7.51. The summed E-state index contributed by atoms with van der Waals surface area (Å²) in [6.45, 7) is 0. The molecule has 0 amide bonds. The molecule has 1 heterocycles. The Hall–Kier alpha value is -0.380. The van der Waals surface area contributed by atoms with Crippen LogP contribution in [0.5, 0.6) is 5.75 Å². The normalized spacial score (nSPS) is 25.6. The Morgan fingerprint density at radius 2 is 2.05 bits per heavy atom. The van der Waals surface area contributed by atoms with Gasteiger partial charge in [-0.05, 0) is 42.7 Å². The largest absolute Gasteiger partial charge is 0.488 e. The van der Waals surface area contributed by atoms with Gasteiger partial charge >= 0.3 is 0 Å². The SMILES string of the molecule is NC1(c2ccc(OC3CCSC3)c(Cl)c2)CCCCC1. The molecule has 2 N–H and O–H groups in total. The van der Waals surface area contributed by atoms with Gasteiger partial charge in [-0.3, -0.25) is 0 Å². The number of rotatable bonds is 3. The number of hydrogen-bond acceptors (Lipinski definition) is 3. The first-order valence-corrected chi connectivity index (χ1v) is 9.04. The van der Waals surface area contributed by atoms with Crippen molar-refractivity contribution in [1.82, 2.24) is 0 Å². The van der Waals surface area contributed by atoms with Crippen molar-refractivity contribution in [3.63, 3.8) is 0 Å². The second-order valence-electron chi connectivity index (χ2n) is 5.97. The molecular formula is C16H22ClNOS. The lowest BCUT2D eigenvalue weighted by Gasteiger charge is -2.34. The van der Waals surface area contributed by atoms with Crippen LogP contribution in [0.3, 0.4) is 0 Å². The molecule has 1 aromatic carbocycles. The summed E-state index contributed by atoms with van der Waals surface area (Å²) in [4.78, 5) is 0.